The van der Waals surface area contributed by atoms with Gasteiger partial charge in [-0.15, -0.1) is 6.58 Å². The minimum atomic E-state index is -1.58. The fraction of sp³-hybridized carbons (Fsp3) is 0.636. The van der Waals surface area contributed by atoms with Crippen molar-refractivity contribution in [1.82, 2.24) is 0 Å². The third-order valence-corrected chi connectivity index (χ3v) is 5.62. The van der Waals surface area contributed by atoms with Gasteiger partial charge in [0.1, 0.15) is 18.8 Å². The molecule has 0 aromatic carbocycles. The lowest BCUT2D eigenvalue weighted by atomic mass is 9.81. The van der Waals surface area contributed by atoms with E-state index in [1.165, 1.54) is 13.2 Å². The zero-order valence-electron chi connectivity index (χ0n) is 19.0. The molecule has 3 rings (SSSR count). The summed E-state index contributed by atoms with van der Waals surface area (Å²) in [5, 5.41) is 10.9. The van der Waals surface area contributed by atoms with Gasteiger partial charge in [-0.3, -0.25) is 14.4 Å². The molecule has 0 bridgehead atoms. The van der Waals surface area contributed by atoms with Crippen LogP contribution in [0.4, 0.5) is 0 Å². The first-order chi connectivity index (χ1) is 16.1. The molecule has 34 heavy (non-hydrogen) atoms. The molecule has 12 heteroatoms. The summed E-state index contributed by atoms with van der Waals surface area (Å²) in [6.45, 7) is 7.09. The standard InChI is InChI=1S/C22H28O12/c1-5-13-14-6-7-28-20(27)15(14)8-30-21(13)34-22-19(32-12(4)25)17(26)18(31-11(3)24)16(33-22)9-29-10(2)23/h5,8,13-14,16-19,21-22,26H,1,6-7,9H2,2-4H3/t13-,14+,16-,17+,18-,19-,21+,22+/m1/s1. The van der Waals surface area contributed by atoms with E-state index in [0.717, 1.165) is 13.8 Å². The molecule has 0 spiro atoms. The molecule has 8 atom stereocenters. The minimum absolute atomic E-state index is 0.223. The van der Waals surface area contributed by atoms with Crippen LogP contribution in [0.3, 0.4) is 0 Å². The Morgan fingerprint density at radius 3 is 2.41 bits per heavy atom. The first kappa shape index (κ1) is 25.7. The number of rotatable bonds is 7. The van der Waals surface area contributed by atoms with Crippen molar-refractivity contribution in [2.75, 3.05) is 13.2 Å². The van der Waals surface area contributed by atoms with Gasteiger partial charge in [-0.1, -0.05) is 6.08 Å². The van der Waals surface area contributed by atoms with Crippen LogP contribution in [0.1, 0.15) is 27.2 Å². The highest BCUT2D eigenvalue weighted by Gasteiger charge is 2.52. The van der Waals surface area contributed by atoms with Gasteiger partial charge in [0.05, 0.1) is 18.4 Å². The number of fused-ring (bicyclic) bond motifs is 1. The average Bonchev–Trinajstić information content (AvgIpc) is 2.76. The van der Waals surface area contributed by atoms with Crippen LogP contribution < -0.4 is 0 Å². The first-order valence-corrected chi connectivity index (χ1v) is 10.7. The Bertz CT molecular complexity index is 849. The number of carbonyl (C=O) groups is 4. The number of aliphatic hydroxyl groups is 1. The minimum Gasteiger partial charge on any atom is -0.471 e. The Morgan fingerprint density at radius 1 is 1.12 bits per heavy atom. The molecule has 0 aromatic heterocycles. The van der Waals surface area contributed by atoms with E-state index in [9.17, 15) is 24.3 Å². The summed E-state index contributed by atoms with van der Waals surface area (Å²) < 4.78 is 37.8. The summed E-state index contributed by atoms with van der Waals surface area (Å²) in [4.78, 5) is 46.7. The predicted octanol–water partition coefficient (Wildman–Crippen LogP) is 0.121. The Labute approximate surface area is 195 Å². The third kappa shape index (κ3) is 5.75. The highest BCUT2D eigenvalue weighted by Crippen LogP contribution is 2.39. The fourth-order valence-electron chi connectivity index (χ4n) is 4.15. The van der Waals surface area contributed by atoms with Crippen LogP contribution in [-0.2, 0) is 52.3 Å². The van der Waals surface area contributed by atoms with Gasteiger partial charge in [0.2, 0.25) is 12.6 Å². The summed E-state index contributed by atoms with van der Waals surface area (Å²) in [5.41, 5.74) is 0.347. The summed E-state index contributed by atoms with van der Waals surface area (Å²) in [5.74, 6) is -3.37. The van der Waals surface area contributed by atoms with Gasteiger partial charge >= 0.3 is 23.9 Å². The van der Waals surface area contributed by atoms with Gasteiger partial charge in [0.15, 0.2) is 12.2 Å². The highest BCUT2D eigenvalue weighted by atomic mass is 16.8. The molecule has 0 amide bonds. The molecule has 0 aromatic rings. The van der Waals surface area contributed by atoms with Crippen LogP contribution in [0.25, 0.3) is 0 Å². The van der Waals surface area contributed by atoms with Crippen molar-refractivity contribution in [2.45, 2.75) is 64.2 Å². The Morgan fingerprint density at radius 2 is 1.79 bits per heavy atom. The Hall–Kier alpha value is -2.96. The van der Waals surface area contributed by atoms with E-state index in [-0.39, 0.29) is 19.1 Å². The predicted molar refractivity (Wildman–Crippen MR) is 109 cm³/mol. The second kappa shape index (κ2) is 11.0. The van der Waals surface area contributed by atoms with E-state index in [1.54, 1.807) is 6.08 Å². The maximum Gasteiger partial charge on any atom is 0.337 e. The largest absolute Gasteiger partial charge is 0.471 e. The van der Waals surface area contributed by atoms with E-state index >= 15 is 0 Å². The number of carbonyl (C=O) groups excluding carboxylic acids is 4. The molecule has 2 saturated heterocycles. The van der Waals surface area contributed by atoms with Crippen molar-refractivity contribution >= 4 is 23.9 Å². The number of esters is 4. The molecular weight excluding hydrogens is 456 g/mol. The maximum atomic E-state index is 12.1. The molecule has 0 radical (unpaired) electrons. The zero-order valence-corrected chi connectivity index (χ0v) is 19.0. The molecule has 2 fully saturated rings. The van der Waals surface area contributed by atoms with E-state index in [4.69, 9.17) is 33.2 Å². The monoisotopic (exact) mass is 484 g/mol. The SMILES string of the molecule is C=C[C@H]1[C@H](O[C@@H]2O[C@H](COC(C)=O)[C@@H](OC(C)=O)[C@H](O)[C@H]2OC(C)=O)OC=C2C(=O)OCC[C@H]21. The number of cyclic esters (lactones) is 1. The highest BCUT2D eigenvalue weighted by molar-refractivity contribution is 5.89. The average molecular weight is 484 g/mol. The van der Waals surface area contributed by atoms with Gasteiger partial charge in [-0.25, -0.2) is 4.79 Å². The molecule has 0 saturated carbocycles. The van der Waals surface area contributed by atoms with E-state index in [0.29, 0.717) is 12.0 Å². The van der Waals surface area contributed by atoms with Crippen LogP contribution in [0.15, 0.2) is 24.5 Å². The Kier molecular flexibility index (Phi) is 8.28. The van der Waals surface area contributed by atoms with Crippen molar-refractivity contribution in [2.24, 2.45) is 11.8 Å². The van der Waals surface area contributed by atoms with Crippen molar-refractivity contribution in [3.8, 4) is 0 Å². The maximum absolute atomic E-state index is 12.1. The molecule has 0 aliphatic carbocycles. The van der Waals surface area contributed by atoms with Crippen molar-refractivity contribution in [1.29, 1.82) is 0 Å². The summed E-state index contributed by atoms with van der Waals surface area (Å²) in [6, 6.07) is 0. The topological polar surface area (TPSA) is 153 Å². The first-order valence-electron chi connectivity index (χ1n) is 10.7. The van der Waals surface area contributed by atoms with Crippen LogP contribution in [0, 0.1) is 11.8 Å². The second-order valence-electron chi connectivity index (χ2n) is 8.04. The summed E-state index contributed by atoms with van der Waals surface area (Å²) >= 11 is 0. The summed E-state index contributed by atoms with van der Waals surface area (Å²) in [7, 11) is 0. The molecule has 1 N–H and O–H groups in total. The van der Waals surface area contributed by atoms with Crippen molar-refractivity contribution < 1.29 is 57.4 Å². The van der Waals surface area contributed by atoms with Gasteiger partial charge < -0.3 is 38.3 Å². The molecule has 3 aliphatic heterocycles. The number of hydrogen-bond acceptors (Lipinski definition) is 12. The molecule has 12 nitrogen and oxygen atoms in total. The summed E-state index contributed by atoms with van der Waals surface area (Å²) in [6.07, 6.45) is -4.53. The zero-order chi connectivity index (χ0) is 25.0. The molecule has 3 heterocycles. The van der Waals surface area contributed by atoms with E-state index in [1.807, 2.05) is 0 Å². The van der Waals surface area contributed by atoms with Crippen LogP contribution in [-0.4, -0.2) is 79.2 Å². The molecule has 188 valence electrons. The van der Waals surface area contributed by atoms with Gasteiger partial charge in [-0.05, 0) is 6.42 Å². The molecule has 0 unspecified atom stereocenters. The second-order valence-corrected chi connectivity index (χ2v) is 8.04. The molecule has 3 aliphatic rings. The smallest absolute Gasteiger partial charge is 0.337 e. The fourth-order valence-corrected chi connectivity index (χ4v) is 4.15. The van der Waals surface area contributed by atoms with Crippen molar-refractivity contribution in [3.05, 3.63) is 24.5 Å². The van der Waals surface area contributed by atoms with Crippen LogP contribution >= 0.6 is 0 Å². The number of aliphatic hydroxyl groups excluding tert-OH is 1. The molecular formula is C22H28O12. The van der Waals surface area contributed by atoms with Crippen molar-refractivity contribution in [3.63, 3.8) is 0 Å². The third-order valence-electron chi connectivity index (χ3n) is 5.62. The van der Waals surface area contributed by atoms with Crippen LogP contribution in [0.5, 0.6) is 0 Å². The number of ether oxygens (including phenoxy) is 7. The normalized spacial score (nSPS) is 34.9. The van der Waals surface area contributed by atoms with Crippen LogP contribution in [0.2, 0.25) is 0 Å². The lowest BCUT2D eigenvalue weighted by molar-refractivity contribution is -0.341. The number of hydrogen-bond donors (Lipinski definition) is 1. The lowest BCUT2D eigenvalue weighted by Gasteiger charge is -2.45. The lowest BCUT2D eigenvalue weighted by Crippen LogP contribution is -2.62. The van der Waals surface area contributed by atoms with Gasteiger partial charge in [-0.2, -0.15) is 0 Å². The quantitative estimate of drug-likeness (QED) is 0.297. The van der Waals surface area contributed by atoms with Gasteiger partial charge in [0, 0.05) is 32.6 Å². The Balaban J connectivity index is 1.86. The van der Waals surface area contributed by atoms with E-state index < -0.39 is 66.8 Å². The van der Waals surface area contributed by atoms with E-state index in [2.05, 4.69) is 6.58 Å². The van der Waals surface area contributed by atoms with Gasteiger partial charge in [0.25, 0.3) is 0 Å².